The summed E-state index contributed by atoms with van der Waals surface area (Å²) in [6.45, 7) is 0. The van der Waals surface area contributed by atoms with Crippen molar-refractivity contribution in [2.45, 2.75) is 0 Å². The van der Waals surface area contributed by atoms with Gasteiger partial charge in [-0.05, 0) is 95.1 Å². The molecule has 2 heterocycles. The van der Waals surface area contributed by atoms with Crippen molar-refractivity contribution in [1.29, 1.82) is 21.0 Å². The van der Waals surface area contributed by atoms with E-state index in [9.17, 15) is 21.0 Å². The molecule has 63 heavy (non-hydrogen) atoms. The molecule has 0 atom stereocenters. The topological polar surface area (TPSA) is 126 Å². The van der Waals surface area contributed by atoms with Crippen LogP contribution in [0.25, 0.3) is 94.8 Å². The lowest BCUT2D eigenvalue weighted by molar-refractivity contribution is 1.17. The number of hydrogen-bond acceptors (Lipinski definition) is 6. The first-order valence-corrected chi connectivity index (χ1v) is 20.2. The molecule has 8 aromatic carbocycles. The number of aromatic nitrogens is 3. The molecule has 0 amide bonds. The number of nitriles is 4. The number of rotatable bonds is 7. The molecule has 0 aliphatic carbocycles. The molecule has 0 N–H and O–H groups in total. The molecule has 0 saturated heterocycles. The number of fused-ring (bicyclic) bond motifs is 3. The van der Waals surface area contributed by atoms with Gasteiger partial charge < -0.3 is 4.57 Å². The van der Waals surface area contributed by atoms with Gasteiger partial charge >= 0.3 is 0 Å². The first-order chi connectivity index (χ1) is 31.0. The van der Waals surface area contributed by atoms with E-state index in [0.717, 1.165) is 83.3 Å². The van der Waals surface area contributed by atoms with E-state index in [0.29, 0.717) is 33.8 Å². The lowest BCUT2D eigenvalue weighted by Crippen LogP contribution is -2.03. The average Bonchev–Trinajstić information content (AvgIpc) is 3.69. The number of hydrogen-bond donors (Lipinski definition) is 0. The van der Waals surface area contributed by atoms with Crippen molar-refractivity contribution in [3.8, 4) is 97.2 Å². The maximum Gasteiger partial charge on any atom is 0.160 e. The Morgan fingerprint density at radius 1 is 0.349 bits per heavy atom. The minimum atomic E-state index is 0.419. The van der Waals surface area contributed by atoms with Crippen LogP contribution in [0.2, 0.25) is 0 Å². The van der Waals surface area contributed by atoms with E-state index in [4.69, 9.17) is 9.97 Å². The molecule has 2 aromatic heterocycles. The predicted octanol–water partition coefficient (Wildman–Crippen LogP) is 13.1. The summed E-state index contributed by atoms with van der Waals surface area (Å²) < 4.78 is 2.26. The molecule has 0 aliphatic rings. The molecule has 0 bridgehead atoms. The van der Waals surface area contributed by atoms with Crippen LogP contribution in [-0.2, 0) is 0 Å². The SMILES string of the molecule is N#Cc1cccc(-c2cc(-c3cc(-c4ccccc4)nc(-c4ccccc4)n3)cc(-c3cccc(C#N)c3)c2-n2c3ccccc3c3cc(-c4ccc(C#N)cc4C#N)ccc32)c1. The van der Waals surface area contributed by atoms with Crippen LogP contribution in [0.3, 0.4) is 0 Å². The standard InChI is InChI=1S/C56H31N7/c57-32-36-11-9-17-41(25-36)48-29-44(52-31-51(39-13-3-1-4-14-39)61-56(62-52)40-15-5-2-6-16-40)30-49(42-18-10-12-37(26-42)33-58)55(48)63-53-20-8-7-19-47(53)50-28-43(22-24-54(50)63)46-23-21-38(34-59)27-45(46)35-60/h1-31H. The van der Waals surface area contributed by atoms with Gasteiger partial charge in [-0.15, -0.1) is 0 Å². The van der Waals surface area contributed by atoms with Crippen molar-refractivity contribution >= 4 is 21.8 Å². The van der Waals surface area contributed by atoms with Gasteiger partial charge in [0.2, 0.25) is 0 Å². The first kappa shape index (κ1) is 37.8. The summed E-state index contributed by atoms with van der Waals surface area (Å²) in [6, 6.07) is 70.2. The second-order valence-electron chi connectivity index (χ2n) is 15.1. The Morgan fingerprint density at radius 3 is 1.52 bits per heavy atom. The van der Waals surface area contributed by atoms with Crippen LogP contribution in [0.15, 0.2) is 188 Å². The van der Waals surface area contributed by atoms with E-state index >= 15 is 0 Å². The second kappa shape index (κ2) is 16.0. The average molecular weight is 802 g/mol. The normalized spacial score (nSPS) is 10.8. The van der Waals surface area contributed by atoms with Crippen LogP contribution in [0.4, 0.5) is 0 Å². The largest absolute Gasteiger partial charge is 0.308 e. The van der Waals surface area contributed by atoms with Crippen LogP contribution in [0, 0.1) is 45.3 Å². The molecule has 0 radical (unpaired) electrons. The molecule has 10 aromatic rings. The minimum Gasteiger partial charge on any atom is -0.308 e. The maximum atomic E-state index is 10.2. The van der Waals surface area contributed by atoms with E-state index in [1.165, 1.54) is 0 Å². The zero-order chi connectivity index (χ0) is 42.9. The van der Waals surface area contributed by atoms with Gasteiger partial charge in [0.25, 0.3) is 0 Å². The molecule has 10 rings (SSSR count). The minimum absolute atomic E-state index is 0.419. The third-order valence-corrected chi connectivity index (χ3v) is 11.3. The summed E-state index contributed by atoms with van der Waals surface area (Å²) in [6.07, 6.45) is 0. The van der Waals surface area contributed by atoms with Crippen LogP contribution in [0.1, 0.15) is 22.3 Å². The maximum absolute atomic E-state index is 10.2. The summed E-state index contributed by atoms with van der Waals surface area (Å²) in [4.78, 5) is 10.3. The zero-order valence-corrected chi connectivity index (χ0v) is 33.5. The molecule has 0 aliphatic heterocycles. The van der Waals surface area contributed by atoms with Gasteiger partial charge in [0.15, 0.2) is 5.82 Å². The second-order valence-corrected chi connectivity index (χ2v) is 15.1. The summed E-state index contributed by atoms with van der Waals surface area (Å²) >= 11 is 0. The molecule has 7 heteroatoms. The summed E-state index contributed by atoms with van der Waals surface area (Å²) in [5.41, 5.74) is 13.6. The van der Waals surface area contributed by atoms with Crippen molar-refractivity contribution in [2.24, 2.45) is 0 Å². The van der Waals surface area contributed by atoms with Crippen molar-refractivity contribution in [3.05, 3.63) is 210 Å². The lowest BCUT2D eigenvalue weighted by Gasteiger charge is -2.21. The Labute approximate surface area is 363 Å². The van der Waals surface area contributed by atoms with E-state index < -0.39 is 0 Å². The van der Waals surface area contributed by atoms with E-state index in [2.05, 4.69) is 65.2 Å². The molecular formula is C56H31N7. The molecule has 0 unspecified atom stereocenters. The fourth-order valence-corrected chi connectivity index (χ4v) is 8.38. The molecule has 290 valence electrons. The number of benzene rings is 8. The zero-order valence-electron chi connectivity index (χ0n) is 33.5. The molecule has 0 spiro atoms. The predicted molar refractivity (Wildman–Crippen MR) is 248 cm³/mol. The highest BCUT2D eigenvalue weighted by atomic mass is 15.0. The van der Waals surface area contributed by atoms with Gasteiger partial charge in [0.1, 0.15) is 0 Å². The summed E-state index contributed by atoms with van der Waals surface area (Å²) in [5.74, 6) is 0.581. The third kappa shape index (κ3) is 6.91. The summed E-state index contributed by atoms with van der Waals surface area (Å²) in [7, 11) is 0. The van der Waals surface area contributed by atoms with E-state index in [1.807, 2.05) is 127 Å². The third-order valence-electron chi connectivity index (χ3n) is 11.3. The molecular weight excluding hydrogens is 771 g/mol. The van der Waals surface area contributed by atoms with Crippen molar-refractivity contribution in [3.63, 3.8) is 0 Å². The Kier molecular flexibility index (Phi) is 9.60. The van der Waals surface area contributed by atoms with Crippen LogP contribution in [-0.4, -0.2) is 14.5 Å². The Bertz CT molecular complexity index is 3480. The first-order valence-electron chi connectivity index (χ1n) is 20.2. The molecule has 0 saturated carbocycles. The smallest absolute Gasteiger partial charge is 0.160 e. The lowest BCUT2D eigenvalue weighted by atomic mass is 9.90. The van der Waals surface area contributed by atoms with Gasteiger partial charge in [-0.2, -0.15) is 21.0 Å². The van der Waals surface area contributed by atoms with Gasteiger partial charge in [0.05, 0.1) is 74.6 Å². The molecule has 7 nitrogen and oxygen atoms in total. The van der Waals surface area contributed by atoms with Crippen LogP contribution >= 0.6 is 0 Å². The van der Waals surface area contributed by atoms with E-state index in [-0.39, 0.29) is 0 Å². The van der Waals surface area contributed by atoms with Crippen molar-refractivity contribution in [1.82, 2.24) is 14.5 Å². The molecule has 0 fully saturated rings. The van der Waals surface area contributed by atoms with Crippen LogP contribution < -0.4 is 0 Å². The monoisotopic (exact) mass is 801 g/mol. The van der Waals surface area contributed by atoms with Crippen LogP contribution in [0.5, 0.6) is 0 Å². The number of para-hydroxylation sites is 1. The van der Waals surface area contributed by atoms with Gasteiger partial charge in [0, 0.05) is 38.6 Å². The fraction of sp³-hybridized carbons (Fsp3) is 0. The quantitative estimate of drug-likeness (QED) is 0.158. The van der Waals surface area contributed by atoms with Crippen molar-refractivity contribution < 1.29 is 0 Å². The highest BCUT2D eigenvalue weighted by molar-refractivity contribution is 6.12. The number of nitrogens with zero attached hydrogens (tertiary/aromatic N) is 7. The van der Waals surface area contributed by atoms with Gasteiger partial charge in [-0.25, -0.2) is 9.97 Å². The Balaban J connectivity index is 1.32. The van der Waals surface area contributed by atoms with Gasteiger partial charge in [-0.3, -0.25) is 0 Å². The highest BCUT2D eigenvalue weighted by Crippen LogP contribution is 2.45. The highest BCUT2D eigenvalue weighted by Gasteiger charge is 2.24. The Hall–Kier alpha value is -9.40. The summed E-state index contributed by atoms with van der Waals surface area (Å²) in [5, 5.41) is 42.0. The fourth-order valence-electron chi connectivity index (χ4n) is 8.38. The van der Waals surface area contributed by atoms with Crippen molar-refractivity contribution in [2.75, 3.05) is 0 Å². The van der Waals surface area contributed by atoms with E-state index in [1.54, 1.807) is 24.3 Å². The van der Waals surface area contributed by atoms with Gasteiger partial charge in [-0.1, -0.05) is 115 Å². The Morgan fingerprint density at radius 2 is 0.889 bits per heavy atom.